The van der Waals surface area contributed by atoms with Gasteiger partial charge in [0.25, 0.3) is 5.56 Å². The van der Waals surface area contributed by atoms with Gasteiger partial charge in [0, 0.05) is 32.1 Å². The number of carbonyl (C=O) groups is 2. The molecule has 4 rings (SSSR count). The van der Waals surface area contributed by atoms with Crippen LogP contribution in [0.15, 0.2) is 53.3 Å². The molecule has 0 N–H and O–H groups in total. The Morgan fingerprint density at radius 1 is 1.08 bits per heavy atom. The van der Waals surface area contributed by atoms with Gasteiger partial charge in [0.2, 0.25) is 5.91 Å². The Labute approximate surface area is 216 Å². The summed E-state index contributed by atoms with van der Waals surface area (Å²) in [6.45, 7) is 7.85. The van der Waals surface area contributed by atoms with Crippen molar-refractivity contribution in [1.29, 1.82) is 0 Å². The highest BCUT2D eigenvalue weighted by Crippen LogP contribution is 2.29. The van der Waals surface area contributed by atoms with Gasteiger partial charge in [-0.05, 0) is 45.0 Å². The molecule has 2 atom stereocenters. The molecule has 1 aliphatic rings. The minimum absolute atomic E-state index is 0.0531. The van der Waals surface area contributed by atoms with Crippen LogP contribution in [-0.2, 0) is 14.3 Å². The lowest BCUT2D eigenvalue weighted by Crippen LogP contribution is -2.54. The molecule has 1 saturated heterocycles. The van der Waals surface area contributed by atoms with E-state index >= 15 is 0 Å². The van der Waals surface area contributed by atoms with Crippen LogP contribution in [0.2, 0.25) is 0 Å². The zero-order chi connectivity index (χ0) is 26.5. The summed E-state index contributed by atoms with van der Waals surface area (Å²) in [5.41, 5.74) is 1.12. The number of aromatic nitrogens is 2. The summed E-state index contributed by atoms with van der Waals surface area (Å²) in [5.74, 6) is 0.790. The number of para-hydroxylation sites is 3. The van der Waals surface area contributed by atoms with Gasteiger partial charge in [0.1, 0.15) is 11.6 Å². The van der Waals surface area contributed by atoms with E-state index in [1.807, 2.05) is 61.2 Å². The van der Waals surface area contributed by atoms with Crippen LogP contribution in [0, 0.1) is 0 Å². The predicted octanol–water partition coefficient (Wildman–Crippen LogP) is 3.33. The number of piperazine rings is 1. The molecule has 0 radical (unpaired) electrons. The van der Waals surface area contributed by atoms with Crippen LogP contribution in [0.1, 0.15) is 45.5 Å². The second-order valence-corrected chi connectivity index (χ2v) is 9.21. The topological polar surface area (TPSA) is 94.0 Å². The van der Waals surface area contributed by atoms with E-state index in [1.54, 1.807) is 24.7 Å². The number of carbonyl (C=O) groups excluding carboxylic acids is 2. The van der Waals surface area contributed by atoms with Gasteiger partial charge in [-0.25, -0.2) is 4.98 Å². The minimum Gasteiger partial charge on any atom is -0.495 e. The van der Waals surface area contributed by atoms with Gasteiger partial charge in [-0.15, -0.1) is 0 Å². The van der Waals surface area contributed by atoms with Crippen molar-refractivity contribution in [3.8, 4) is 11.4 Å². The fourth-order valence-corrected chi connectivity index (χ4v) is 4.93. The number of ether oxygens (including phenoxy) is 2. The summed E-state index contributed by atoms with van der Waals surface area (Å²) in [6, 6.07) is 14.5. The molecule has 2 unspecified atom stereocenters. The monoisotopic (exact) mass is 506 g/mol. The second-order valence-electron chi connectivity index (χ2n) is 9.21. The normalized spacial score (nSPS) is 17.0. The molecule has 0 bridgehead atoms. The number of esters is 1. The number of nitrogens with zero attached hydrogens (tertiary/aromatic N) is 4. The van der Waals surface area contributed by atoms with E-state index in [1.165, 1.54) is 0 Å². The molecule has 1 fully saturated rings. The Morgan fingerprint density at radius 3 is 2.54 bits per heavy atom. The van der Waals surface area contributed by atoms with Gasteiger partial charge in [0.05, 0.1) is 42.8 Å². The molecular formula is C28H34N4O5. The molecule has 37 heavy (non-hydrogen) atoms. The van der Waals surface area contributed by atoms with E-state index in [0.717, 1.165) is 0 Å². The van der Waals surface area contributed by atoms with Crippen LogP contribution in [-0.4, -0.2) is 70.6 Å². The summed E-state index contributed by atoms with van der Waals surface area (Å²) in [4.78, 5) is 47.2. The van der Waals surface area contributed by atoms with Gasteiger partial charge in [-0.3, -0.25) is 23.9 Å². The highest BCUT2D eigenvalue weighted by Gasteiger charge is 2.32. The van der Waals surface area contributed by atoms with Crippen LogP contribution in [0.5, 0.6) is 5.75 Å². The van der Waals surface area contributed by atoms with Gasteiger partial charge in [-0.2, -0.15) is 0 Å². The first-order valence-electron chi connectivity index (χ1n) is 12.7. The van der Waals surface area contributed by atoms with Crippen LogP contribution in [0.3, 0.4) is 0 Å². The number of methoxy groups -OCH3 is 1. The van der Waals surface area contributed by atoms with Gasteiger partial charge >= 0.3 is 5.97 Å². The average molecular weight is 507 g/mol. The fourth-order valence-electron chi connectivity index (χ4n) is 4.93. The molecule has 9 nitrogen and oxygen atoms in total. The molecule has 1 aliphatic heterocycles. The third kappa shape index (κ3) is 5.51. The molecule has 1 amide bonds. The number of fused-ring (bicyclic) bond motifs is 1. The van der Waals surface area contributed by atoms with Gasteiger partial charge < -0.3 is 14.4 Å². The number of amides is 1. The third-order valence-electron chi connectivity index (χ3n) is 6.88. The molecule has 1 aromatic heterocycles. The van der Waals surface area contributed by atoms with E-state index < -0.39 is 0 Å². The Kier molecular flexibility index (Phi) is 8.23. The first-order chi connectivity index (χ1) is 17.8. The van der Waals surface area contributed by atoms with E-state index in [4.69, 9.17) is 14.5 Å². The van der Waals surface area contributed by atoms with E-state index in [9.17, 15) is 14.4 Å². The molecule has 0 spiro atoms. The highest BCUT2D eigenvalue weighted by molar-refractivity contribution is 5.81. The van der Waals surface area contributed by atoms with E-state index in [-0.39, 0.29) is 42.4 Å². The maximum atomic E-state index is 13.7. The van der Waals surface area contributed by atoms with Crippen LogP contribution < -0.4 is 10.3 Å². The maximum absolute atomic E-state index is 13.7. The lowest BCUT2D eigenvalue weighted by molar-refractivity contribution is -0.146. The van der Waals surface area contributed by atoms with Gasteiger partial charge in [-0.1, -0.05) is 24.3 Å². The predicted molar refractivity (Wildman–Crippen MR) is 141 cm³/mol. The zero-order valence-electron chi connectivity index (χ0n) is 21.8. The van der Waals surface area contributed by atoms with Crippen molar-refractivity contribution in [3.63, 3.8) is 0 Å². The number of benzene rings is 2. The van der Waals surface area contributed by atoms with Crippen molar-refractivity contribution in [2.75, 3.05) is 33.4 Å². The Balaban J connectivity index is 1.62. The first-order valence-corrected chi connectivity index (χ1v) is 12.7. The molecule has 3 aromatic rings. The summed E-state index contributed by atoms with van der Waals surface area (Å²) in [7, 11) is 1.58. The fraction of sp³-hybridized carbons (Fsp3) is 0.429. The summed E-state index contributed by atoms with van der Waals surface area (Å²) >= 11 is 0. The smallest absolute Gasteiger partial charge is 0.306 e. The van der Waals surface area contributed by atoms with Crippen LogP contribution in [0.4, 0.5) is 0 Å². The van der Waals surface area contributed by atoms with Crippen molar-refractivity contribution < 1.29 is 19.1 Å². The number of rotatable bonds is 8. The standard InChI is InChI=1S/C28H34N4O5/c1-5-37-26(34)15-14-25(33)31-17-16-30(18-19(31)2)20(3)27-29-22-11-7-6-10-21(22)28(35)32(27)23-12-8-9-13-24(23)36-4/h6-13,19-20H,5,14-18H2,1-4H3. The molecule has 0 saturated carbocycles. The largest absolute Gasteiger partial charge is 0.495 e. The Hall–Kier alpha value is -3.72. The molecule has 2 aromatic carbocycles. The minimum atomic E-state index is -0.354. The van der Waals surface area contributed by atoms with Gasteiger partial charge in [0.15, 0.2) is 0 Å². The lowest BCUT2D eigenvalue weighted by atomic mass is 10.1. The molecule has 196 valence electrons. The SMILES string of the molecule is CCOC(=O)CCC(=O)N1CCN(C(C)c2nc3ccccc3c(=O)n2-c2ccccc2OC)CC1C. The lowest BCUT2D eigenvalue weighted by Gasteiger charge is -2.42. The Morgan fingerprint density at radius 2 is 1.81 bits per heavy atom. The zero-order valence-corrected chi connectivity index (χ0v) is 21.8. The van der Waals surface area contributed by atoms with E-state index in [0.29, 0.717) is 54.4 Å². The first kappa shape index (κ1) is 26.3. The molecule has 2 heterocycles. The van der Waals surface area contributed by atoms with Crippen molar-refractivity contribution in [2.45, 2.75) is 45.7 Å². The van der Waals surface area contributed by atoms with Crippen molar-refractivity contribution in [1.82, 2.24) is 19.4 Å². The average Bonchev–Trinajstić information content (AvgIpc) is 2.91. The van der Waals surface area contributed by atoms with Crippen molar-refractivity contribution in [3.05, 3.63) is 64.7 Å². The summed E-state index contributed by atoms with van der Waals surface area (Å²) in [6.07, 6.45) is 0.223. The molecule has 9 heteroatoms. The number of hydrogen-bond donors (Lipinski definition) is 0. The van der Waals surface area contributed by atoms with Crippen LogP contribution in [0.25, 0.3) is 16.6 Å². The third-order valence-corrected chi connectivity index (χ3v) is 6.88. The quantitative estimate of drug-likeness (QED) is 0.433. The highest BCUT2D eigenvalue weighted by atomic mass is 16.5. The van der Waals surface area contributed by atoms with E-state index in [2.05, 4.69) is 4.90 Å². The Bertz CT molecular complexity index is 1340. The van der Waals surface area contributed by atoms with Crippen molar-refractivity contribution >= 4 is 22.8 Å². The van der Waals surface area contributed by atoms with Crippen molar-refractivity contribution in [2.24, 2.45) is 0 Å². The second kappa shape index (κ2) is 11.6. The summed E-state index contributed by atoms with van der Waals surface area (Å²) in [5, 5.41) is 0.537. The number of hydrogen-bond acceptors (Lipinski definition) is 7. The van der Waals surface area contributed by atoms with Crippen LogP contribution >= 0.6 is 0 Å². The molecule has 0 aliphatic carbocycles. The maximum Gasteiger partial charge on any atom is 0.306 e. The summed E-state index contributed by atoms with van der Waals surface area (Å²) < 4.78 is 12.2. The molecular weight excluding hydrogens is 472 g/mol.